The number of carbonyl (C=O) groups excluding carboxylic acids is 1. The van der Waals surface area contributed by atoms with E-state index in [4.69, 9.17) is 0 Å². The molecule has 0 aliphatic carbocycles. The largest absolute Gasteiger partial charge is 0.326 e. The van der Waals surface area contributed by atoms with Gasteiger partial charge in [-0.1, -0.05) is 11.3 Å². The van der Waals surface area contributed by atoms with Crippen molar-refractivity contribution in [1.29, 1.82) is 0 Å². The van der Waals surface area contributed by atoms with E-state index in [2.05, 4.69) is 15.6 Å². The van der Waals surface area contributed by atoms with Crippen LogP contribution in [0.25, 0.3) is 5.69 Å². The Balaban J connectivity index is 2.31. The van der Waals surface area contributed by atoms with E-state index in [0.717, 1.165) is 11.4 Å². The van der Waals surface area contributed by atoms with Crippen molar-refractivity contribution in [2.75, 3.05) is 5.32 Å². The Bertz CT molecular complexity index is 464. The Hall–Kier alpha value is -2.17. The second-order valence-electron chi connectivity index (χ2n) is 3.08. The predicted molar refractivity (Wildman–Crippen MR) is 55.7 cm³/mol. The van der Waals surface area contributed by atoms with Gasteiger partial charge < -0.3 is 5.32 Å². The van der Waals surface area contributed by atoms with E-state index < -0.39 is 0 Å². The molecule has 0 saturated heterocycles. The van der Waals surface area contributed by atoms with Crippen LogP contribution in [0.4, 0.5) is 5.69 Å². The third kappa shape index (κ3) is 2.19. The maximum absolute atomic E-state index is 10.9. The van der Waals surface area contributed by atoms with Gasteiger partial charge in [-0.2, -0.15) is 0 Å². The van der Waals surface area contributed by atoms with Crippen molar-refractivity contribution in [1.82, 2.24) is 15.0 Å². The van der Waals surface area contributed by atoms with E-state index in [1.165, 1.54) is 6.92 Å². The minimum absolute atomic E-state index is 0.0919. The van der Waals surface area contributed by atoms with Crippen LogP contribution >= 0.6 is 0 Å². The summed E-state index contributed by atoms with van der Waals surface area (Å²) in [5, 5.41) is 10.3. The molecule has 2 aromatic rings. The van der Waals surface area contributed by atoms with Crippen LogP contribution in [-0.2, 0) is 4.79 Å². The van der Waals surface area contributed by atoms with Crippen LogP contribution in [0, 0.1) is 0 Å². The van der Waals surface area contributed by atoms with Gasteiger partial charge in [0.2, 0.25) is 5.91 Å². The lowest BCUT2D eigenvalue weighted by molar-refractivity contribution is -0.114. The highest BCUT2D eigenvalue weighted by Gasteiger charge is 1.99. The number of benzene rings is 1. The molecule has 0 fully saturated rings. The number of nitrogens with zero attached hydrogens (tertiary/aromatic N) is 3. The average molecular weight is 202 g/mol. The maximum Gasteiger partial charge on any atom is 0.221 e. The molecule has 0 atom stereocenters. The number of anilines is 1. The molecule has 1 aromatic heterocycles. The average Bonchev–Trinajstić information content (AvgIpc) is 2.69. The van der Waals surface area contributed by atoms with E-state index in [1.54, 1.807) is 17.1 Å². The van der Waals surface area contributed by atoms with Gasteiger partial charge in [-0.15, -0.1) is 5.10 Å². The summed E-state index contributed by atoms with van der Waals surface area (Å²) in [5.41, 5.74) is 1.61. The first-order valence-electron chi connectivity index (χ1n) is 4.50. The lowest BCUT2D eigenvalue weighted by atomic mass is 10.3. The molecule has 0 aliphatic rings. The van der Waals surface area contributed by atoms with Crippen LogP contribution in [-0.4, -0.2) is 20.9 Å². The maximum atomic E-state index is 10.9. The summed E-state index contributed by atoms with van der Waals surface area (Å²) in [6.45, 7) is 1.47. The third-order valence-corrected chi connectivity index (χ3v) is 1.85. The van der Waals surface area contributed by atoms with Gasteiger partial charge in [-0.05, 0) is 18.2 Å². The highest BCUT2D eigenvalue weighted by atomic mass is 16.1. The molecular formula is C10H10N4O. The molecule has 5 nitrogen and oxygen atoms in total. The predicted octanol–water partition coefficient (Wildman–Crippen LogP) is 1.23. The first kappa shape index (κ1) is 9.39. The molecule has 0 unspecified atom stereocenters. The van der Waals surface area contributed by atoms with Crippen LogP contribution in [0.5, 0.6) is 0 Å². The third-order valence-electron chi connectivity index (χ3n) is 1.85. The number of nitrogens with one attached hydrogen (secondary N) is 1. The molecule has 0 aliphatic heterocycles. The molecule has 0 saturated carbocycles. The van der Waals surface area contributed by atoms with Gasteiger partial charge in [0.1, 0.15) is 0 Å². The van der Waals surface area contributed by atoms with Gasteiger partial charge in [-0.3, -0.25) is 4.79 Å². The molecule has 1 heterocycles. The van der Waals surface area contributed by atoms with Gasteiger partial charge in [0.05, 0.1) is 18.1 Å². The van der Waals surface area contributed by atoms with Crippen molar-refractivity contribution < 1.29 is 4.79 Å². The van der Waals surface area contributed by atoms with Gasteiger partial charge in [0, 0.05) is 12.6 Å². The zero-order valence-corrected chi connectivity index (χ0v) is 8.21. The Morgan fingerprint density at radius 1 is 1.47 bits per heavy atom. The number of hydrogen-bond donors (Lipinski definition) is 1. The fourth-order valence-electron chi connectivity index (χ4n) is 1.28. The van der Waals surface area contributed by atoms with Gasteiger partial charge in [0.25, 0.3) is 0 Å². The van der Waals surface area contributed by atoms with Crippen LogP contribution in [0.1, 0.15) is 6.92 Å². The zero-order chi connectivity index (χ0) is 10.7. The lowest BCUT2D eigenvalue weighted by Crippen LogP contribution is -2.06. The summed E-state index contributed by atoms with van der Waals surface area (Å²) in [6.07, 6.45) is 3.35. The molecule has 0 spiro atoms. The molecule has 0 bridgehead atoms. The minimum atomic E-state index is -0.0919. The fourth-order valence-corrected chi connectivity index (χ4v) is 1.28. The van der Waals surface area contributed by atoms with Crippen LogP contribution in [0.2, 0.25) is 0 Å². The van der Waals surface area contributed by atoms with Gasteiger partial charge >= 0.3 is 0 Å². The summed E-state index contributed by atoms with van der Waals surface area (Å²) >= 11 is 0. The molecule has 5 heteroatoms. The van der Waals surface area contributed by atoms with Crippen molar-refractivity contribution in [2.45, 2.75) is 6.92 Å². The molecule has 1 aromatic carbocycles. The van der Waals surface area contributed by atoms with Gasteiger partial charge in [-0.25, -0.2) is 4.68 Å². The first-order valence-corrected chi connectivity index (χ1v) is 4.50. The molecule has 1 amide bonds. The summed E-state index contributed by atoms with van der Waals surface area (Å²) < 4.78 is 1.63. The lowest BCUT2D eigenvalue weighted by Gasteiger charge is -2.04. The number of rotatable bonds is 2. The van der Waals surface area contributed by atoms with E-state index in [-0.39, 0.29) is 5.91 Å². The summed E-state index contributed by atoms with van der Waals surface area (Å²) in [6, 6.07) is 7.39. The van der Waals surface area contributed by atoms with Crippen molar-refractivity contribution in [3.8, 4) is 5.69 Å². The molecule has 0 radical (unpaired) electrons. The van der Waals surface area contributed by atoms with Crippen LogP contribution < -0.4 is 5.32 Å². The highest BCUT2D eigenvalue weighted by Crippen LogP contribution is 2.13. The Morgan fingerprint density at radius 2 is 2.33 bits per heavy atom. The van der Waals surface area contributed by atoms with Crippen molar-refractivity contribution in [2.24, 2.45) is 0 Å². The Kier molecular flexibility index (Phi) is 2.45. The minimum Gasteiger partial charge on any atom is -0.326 e. The second kappa shape index (κ2) is 3.91. The first-order chi connectivity index (χ1) is 7.25. The number of carbonyl (C=O) groups is 1. The van der Waals surface area contributed by atoms with Crippen molar-refractivity contribution >= 4 is 11.6 Å². The quantitative estimate of drug-likeness (QED) is 0.796. The summed E-state index contributed by atoms with van der Waals surface area (Å²) in [4.78, 5) is 10.9. The second-order valence-corrected chi connectivity index (χ2v) is 3.08. The SMILES string of the molecule is CC(=O)Nc1cccc(-n2ccnn2)c1. The van der Waals surface area contributed by atoms with Crippen LogP contribution in [0.3, 0.4) is 0 Å². The summed E-state index contributed by atoms with van der Waals surface area (Å²) in [5.74, 6) is -0.0919. The molecule has 1 N–H and O–H groups in total. The Morgan fingerprint density at radius 3 is 3.00 bits per heavy atom. The number of hydrogen-bond acceptors (Lipinski definition) is 3. The van der Waals surface area contributed by atoms with E-state index in [1.807, 2.05) is 24.3 Å². The molecule has 76 valence electrons. The van der Waals surface area contributed by atoms with Gasteiger partial charge in [0.15, 0.2) is 0 Å². The number of aromatic nitrogens is 3. The molecule has 15 heavy (non-hydrogen) atoms. The smallest absolute Gasteiger partial charge is 0.221 e. The van der Waals surface area contributed by atoms with E-state index >= 15 is 0 Å². The molecular weight excluding hydrogens is 192 g/mol. The standard InChI is InChI=1S/C10H10N4O/c1-8(15)12-9-3-2-4-10(7-9)14-6-5-11-13-14/h2-7H,1H3,(H,12,15). The fraction of sp³-hybridized carbons (Fsp3) is 0.100. The topological polar surface area (TPSA) is 59.8 Å². The normalized spacial score (nSPS) is 9.93. The monoisotopic (exact) mass is 202 g/mol. The van der Waals surface area contributed by atoms with Crippen molar-refractivity contribution in [3.63, 3.8) is 0 Å². The zero-order valence-electron chi connectivity index (χ0n) is 8.21. The van der Waals surface area contributed by atoms with E-state index in [0.29, 0.717) is 0 Å². The van der Waals surface area contributed by atoms with Crippen LogP contribution in [0.15, 0.2) is 36.7 Å². The van der Waals surface area contributed by atoms with Crippen molar-refractivity contribution in [3.05, 3.63) is 36.7 Å². The number of amides is 1. The Labute approximate surface area is 86.7 Å². The van der Waals surface area contributed by atoms with E-state index in [9.17, 15) is 4.79 Å². The molecule has 2 rings (SSSR count). The summed E-state index contributed by atoms with van der Waals surface area (Å²) in [7, 11) is 0. The highest BCUT2D eigenvalue weighted by molar-refractivity contribution is 5.88.